The van der Waals surface area contributed by atoms with Gasteiger partial charge >= 0.3 is 6.09 Å². The van der Waals surface area contributed by atoms with Crippen molar-refractivity contribution in [3.63, 3.8) is 0 Å². The molecule has 1 aromatic rings. The van der Waals surface area contributed by atoms with Crippen LogP contribution in [-0.2, 0) is 4.74 Å². The number of carbonyl (C=O) groups is 1. The average molecular weight is 426 g/mol. The van der Waals surface area contributed by atoms with E-state index in [-0.39, 0.29) is 11.9 Å². The maximum atomic E-state index is 14.8. The number of piperazine rings is 1. The molecule has 0 saturated carbocycles. The topological polar surface area (TPSA) is 74.1 Å². The third-order valence-corrected chi connectivity index (χ3v) is 5.41. The minimum Gasteiger partial charge on any atom is -0.442 e. The third kappa shape index (κ3) is 4.68. The van der Waals surface area contributed by atoms with Crippen molar-refractivity contribution in [2.24, 2.45) is 5.73 Å². The highest BCUT2D eigenvalue weighted by Gasteiger charge is 2.33. The van der Waals surface area contributed by atoms with Crippen LogP contribution in [0.4, 0.5) is 20.6 Å². The van der Waals surface area contributed by atoms with Gasteiger partial charge in [-0.05, 0) is 25.1 Å². The molecule has 0 spiro atoms. The van der Waals surface area contributed by atoms with Crippen molar-refractivity contribution in [3.05, 3.63) is 24.0 Å². The third-order valence-electron chi connectivity index (χ3n) is 4.84. The zero-order valence-corrected chi connectivity index (χ0v) is 17.3. The molecule has 1 amide bonds. The number of nitrogens with zero attached hydrogens (tertiary/aromatic N) is 3. The van der Waals surface area contributed by atoms with Gasteiger partial charge in [-0.25, -0.2) is 9.18 Å². The molecule has 1 aromatic carbocycles. The number of carbonyl (C=O) groups excluding carboxylic acids is 1. The molecule has 0 unspecified atom stereocenters. The van der Waals surface area contributed by atoms with Crippen molar-refractivity contribution >= 4 is 51.9 Å². The first-order chi connectivity index (χ1) is 13.4. The average Bonchev–Trinajstić information content (AvgIpc) is 3.06. The fraction of sp³-hybridized carbons (Fsp3) is 0.500. The number of ether oxygens (including phenoxy) is 1. The monoisotopic (exact) mass is 425 g/mol. The quantitative estimate of drug-likeness (QED) is 0.688. The molecule has 3 N–H and O–H groups in total. The summed E-state index contributed by atoms with van der Waals surface area (Å²) < 4.78 is 20.1. The second-order valence-corrected chi connectivity index (χ2v) is 7.84. The Labute approximate surface area is 174 Å². The maximum absolute atomic E-state index is 14.8. The summed E-state index contributed by atoms with van der Waals surface area (Å²) in [5, 5.41) is 2.99. The highest BCUT2D eigenvalue weighted by Crippen LogP contribution is 2.28. The van der Waals surface area contributed by atoms with E-state index in [0.29, 0.717) is 62.2 Å². The Balaban J connectivity index is 1.64. The van der Waals surface area contributed by atoms with Crippen LogP contribution < -0.4 is 20.9 Å². The van der Waals surface area contributed by atoms with Crippen LogP contribution >= 0.6 is 24.4 Å². The molecule has 10 heteroatoms. The van der Waals surface area contributed by atoms with E-state index in [9.17, 15) is 9.18 Å². The van der Waals surface area contributed by atoms with Gasteiger partial charge < -0.3 is 25.6 Å². The van der Waals surface area contributed by atoms with E-state index >= 15 is 0 Å². The summed E-state index contributed by atoms with van der Waals surface area (Å²) in [6.45, 7) is 5.65. The Morgan fingerprint density at radius 3 is 2.64 bits per heavy atom. The number of halogens is 1. The highest BCUT2D eigenvalue weighted by molar-refractivity contribution is 7.80. The van der Waals surface area contributed by atoms with E-state index in [4.69, 9.17) is 34.9 Å². The van der Waals surface area contributed by atoms with Crippen LogP contribution in [0.2, 0.25) is 0 Å². The molecule has 3 rings (SSSR count). The molecule has 2 heterocycles. The fourth-order valence-electron chi connectivity index (χ4n) is 3.34. The Bertz CT molecular complexity index is 770. The molecule has 2 saturated heterocycles. The summed E-state index contributed by atoms with van der Waals surface area (Å²) in [7, 11) is 0. The summed E-state index contributed by atoms with van der Waals surface area (Å²) >= 11 is 10.2. The predicted octanol–water partition coefficient (Wildman–Crippen LogP) is 1.50. The van der Waals surface area contributed by atoms with Gasteiger partial charge in [0.05, 0.1) is 34.4 Å². The van der Waals surface area contributed by atoms with Crippen molar-refractivity contribution in [2.45, 2.75) is 13.0 Å². The van der Waals surface area contributed by atoms with Gasteiger partial charge in [-0.3, -0.25) is 4.90 Å². The van der Waals surface area contributed by atoms with Crippen LogP contribution in [0.5, 0.6) is 0 Å². The summed E-state index contributed by atoms with van der Waals surface area (Å²) in [6, 6.07) is 4.84. The minimum absolute atomic E-state index is 0.326. The largest absolute Gasteiger partial charge is 0.442 e. The molecular formula is C18H24FN5O2S2. The number of amides is 1. The lowest BCUT2D eigenvalue weighted by Gasteiger charge is -2.37. The lowest BCUT2D eigenvalue weighted by molar-refractivity contribution is 0.143. The summed E-state index contributed by atoms with van der Waals surface area (Å²) in [5.41, 5.74) is 6.59. The molecule has 0 bridgehead atoms. The van der Waals surface area contributed by atoms with Gasteiger partial charge in [0.15, 0.2) is 0 Å². The van der Waals surface area contributed by atoms with Gasteiger partial charge in [0.1, 0.15) is 11.9 Å². The Morgan fingerprint density at radius 1 is 1.32 bits per heavy atom. The minimum atomic E-state index is -0.482. The summed E-state index contributed by atoms with van der Waals surface area (Å²) in [5.74, 6) is -0.364. The Morgan fingerprint density at radius 2 is 2.04 bits per heavy atom. The fourth-order valence-corrected chi connectivity index (χ4v) is 3.61. The standard InChI is InChI=1S/C18H24FN5O2S2/c1-12(27)21-10-14-11-24(18(25)26-14)13-2-3-16(15(19)8-13)22-4-6-23(7-5-22)17(28)9-20/h2-3,8,14H,4-7,9-11,20H2,1H3,(H,21,27)/t14-/m0/s1. The highest BCUT2D eigenvalue weighted by atomic mass is 32.1. The first-order valence-corrected chi connectivity index (χ1v) is 9.95. The molecule has 0 radical (unpaired) electrons. The van der Waals surface area contributed by atoms with E-state index in [1.54, 1.807) is 19.1 Å². The lowest BCUT2D eigenvalue weighted by atomic mass is 10.2. The number of hydrogen-bond acceptors (Lipinski definition) is 6. The zero-order valence-electron chi connectivity index (χ0n) is 15.7. The van der Waals surface area contributed by atoms with Gasteiger partial charge in [0.2, 0.25) is 0 Å². The van der Waals surface area contributed by atoms with Gasteiger partial charge in [0.25, 0.3) is 0 Å². The molecule has 2 aliphatic heterocycles. The van der Waals surface area contributed by atoms with Crippen molar-refractivity contribution < 1.29 is 13.9 Å². The van der Waals surface area contributed by atoms with Crippen LogP contribution in [-0.4, -0.2) is 72.9 Å². The number of benzene rings is 1. The second-order valence-electron chi connectivity index (χ2n) is 6.76. The number of anilines is 2. The second kappa shape index (κ2) is 8.97. The normalized spacial score (nSPS) is 19.6. The molecule has 7 nitrogen and oxygen atoms in total. The van der Waals surface area contributed by atoms with Gasteiger partial charge in [-0.2, -0.15) is 0 Å². The molecule has 2 aliphatic rings. The van der Waals surface area contributed by atoms with E-state index in [1.165, 1.54) is 11.0 Å². The van der Waals surface area contributed by atoms with E-state index < -0.39 is 6.09 Å². The van der Waals surface area contributed by atoms with E-state index in [0.717, 1.165) is 4.99 Å². The van der Waals surface area contributed by atoms with Crippen molar-refractivity contribution in [3.8, 4) is 0 Å². The summed E-state index contributed by atoms with van der Waals surface area (Å²) in [6.07, 6.45) is -0.808. The van der Waals surface area contributed by atoms with Crippen molar-refractivity contribution in [1.82, 2.24) is 10.2 Å². The first-order valence-electron chi connectivity index (χ1n) is 9.14. The number of hydrogen-bond donors (Lipinski definition) is 2. The molecule has 0 aromatic heterocycles. The number of nitrogens with one attached hydrogen (secondary N) is 1. The van der Waals surface area contributed by atoms with Crippen LogP contribution in [0.1, 0.15) is 6.92 Å². The lowest BCUT2D eigenvalue weighted by Crippen LogP contribution is -2.50. The molecule has 1 atom stereocenters. The number of rotatable bonds is 5. The summed E-state index contributed by atoms with van der Waals surface area (Å²) in [4.78, 5) is 19.0. The maximum Gasteiger partial charge on any atom is 0.414 e. The first kappa shape index (κ1) is 20.7. The molecule has 152 valence electrons. The van der Waals surface area contributed by atoms with Crippen LogP contribution in [0.15, 0.2) is 18.2 Å². The van der Waals surface area contributed by atoms with Gasteiger partial charge in [0, 0.05) is 32.7 Å². The van der Waals surface area contributed by atoms with Gasteiger partial charge in [-0.1, -0.05) is 24.4 Å². The Hall–Kier alpha value is -2.04. The van der Waals surface area contributed by atoms with E-state index in [2.05, 4.69) is 10.2 Å². The van der Waals surface area contributed by atoms with Crippen LogP contribution in [0, 0.1) is 5.82 Å². The molecule has 0 aliphatic carbocycles. The molecule has 28 heavy (non-hydrogen) atoms. The number of nitrogens with two attached hydrogens (primary N) is 1. The van der Waals surface area contributed by atoms with Gasteiger partial charge in [-0.15, -0.1) is 0 Å². The smallest absolute Gasteiger partial charge is 0.414 e. The predicted molar refractivity (Wildman–Crippen MR) is 116 cm³/mol. The van der Waals surface area contributed by atoms with Crippen LogP contribution in [0.3, 0.4) is 0 Å². The Kier molecular flexibility index (Phi) is 6.63. The van der Waals surface area contributed by atoms with Crippen LogP contribution in [0.25, 0.3) is 0 Å². The zero-order chi connectivity index (χ0) is 20.3. The molecule has 2 fully saturated rings. The molecular weight excluding hydrogens is 401 g/mol. The van der Waals surface area contributed by atoms with Crippen molar-refractivity contribution in [2.75, 3.05) is 55.6 Å². The SMILES string of the molecule is CC(=S)NC[C@H]1CN(c2ccc(N3CCN(C(=S)CN)CC3)c(F)c2)C(=O)O1. The van der Waals surface area contributed by atoms with E-state index in [1.807, 2.05) is 4.90 Å². The number of thiocarbonyl (C=S) groups is 2. The number of cyclic esters (lactones) is 1. The van der Waals surface area contributed by atoms with Crippen molar-refractivity contribution in [1.29, 1.82) is 0 Å².